The number of anilines is 1. The topological polar surface area (TPSA) is 78.7 Å². The van der Waals surface area contributed by atoms with Crippen molar-refractivity contribution in [1.29, 1.82) is 0 Å². The van der Waals surface area contributed by atoms with Crippen LogP contribution in [-0.2, 0) is 13.6 Å². The highest BCUT2D eigenvalue weighted by Crippen LogP contribution is 2.17. The highest BCUT2D eigenvalue weighted by Gasteiger charge is 2.22. The minimum absolute atomic E-state index is 0.0546. The number of hydrogen-bond acceptors (Lipinski definition) is 6. The molecule has 3 heterocycles. The summed E-state index contributed by atoms with van der Waals surface area (Å²) in [5.74, 6) is 1.42. The number of nitrogens with one attached hydrogen (secondary N) is 1. The summed E-state index contributed by atoms with van der Waals surface area (Å²) >= 11 is 1.70. The number of hydrogen-bond donors (Lipinski definition) is 1. The largest absolute Gasteiger partial charge is 0.357 e. The summed E-state index contributed by atoms with van der Waals surface area (Å²) in [6, 6.07) is 0. The Balaban J connectivity index is 1.67. The lowest BCUT2D eigenvalue weighted by molar-refractivity contribution is 0.370. The fourth-order valence-corrected chi connectivity index (χ4v) is 3.87. The van der Waals surface area contributed by atoms with E-state index < -0.39 is 0 Å². The van der Waals surface area contributed by atoms with E-state index in [0.29, 0.717) is 12.4 Å². The van der Waals surface area contributed by atoms with Crippen LogP contribution in [-0.4, -0.2) is 58.1 Å². The molecule has 8 nitrogen and oxygen atoms in total. The SMILES string of the molecule is CCNC(=NCc1nc(C)c(C)s1)N1CCN(c2nccn(C)c2=O)CC1. The number of aryl methyl sites for hydroxylation is 3. The Labute approximate surface area is 163 Å². The van der Waals surface area contributed by atoms with Crippen molar-refractivity contribution in [1.82, 2.24) is 24.8 Å². The average Bonchev–Trinajstić information content (AvgIpc) is 2.99. The Morgan fingerprint density at radius 3 is 2.67 bits per heavy atom. The zero-order chi connectivity index (χ0) is 19.4. The van der Waals surface area contributed by atoms with Crippen LogP contribution in [0.4, 0.5) is 5.82 Å². The summed E-state index contributed by atoms with van der Waals surface area (Å²) in [6.07, 6.45) is 3.35. The first kappa shape index (κ1) is 19.3. The van der Waals surface area contributed by atoms with Crippen molar-refractivity contribution < 1.29 is 0 Å². The number of piperazine rings is 1. The predicted molar refractivity (Wildman–Crippen MR) is 110 cm³/mol. The van der Waals surface area contributed by atoms with Gasteiger partial charge in [-0.2, -0.15) is 0 Å². The van der Waals surface area contributed by atoms with Crippen LogP contribution in [0.1, 0.15) is 22.5 Å². The first-order chi connectivity index (χ1) is 13.0. The van der Waals surface area contributed by atoms with Crippen LogP contribution in [0.3, 0.4) is 0 Å². The van der Waals surface area contributed by atoms with Crippen molar-refractivity contribution in [3.05, 3.63) is 38.3 Å². The third-order valence-corrected chi connectivity index (χ3v) is 5.71. The van der Waals surface area contributed by atoms with Gasteiger partial charge >= 0.3 is 0 Å². The maximum Gasteiger partial charge on any atom is 0.293 e. The van der Waals surface area contributed by atoms with Crippen LogP contribution < -0.4 is 15.8 Å². The maximum atomic E-state index is 12.3. The van der Waals surface area contributed by atoms with Gasteiger partial charge in [-0.05, 0) is 20.8 Å². The van der Waals surface area contributed by atoms with Crippen molar-refractivity contribution in [2.75, 3.05) is 37.6 Å². The van der Waals surface area contributed by atoms with E-state index in [4.69, 9.17) is 4.99 Å². The van der Waals surface area contributed by atoms with Gasteiger partial charge in [0.2, 0.25) is 0 Å². The van der Waals surface area contributed by atoms with Gasteiger partial charge in [-0.1, -0.05) is 0 Å². The monoisotopic (exact) mass is 389 g/mol. The first-order valence-corrected chi connectivity index (χ1v) is 10.0. The number of guanidine groups is 1. The smallest absolute Gasteiger partial charge is 0.293 e. The van der Waals surface area contributed by atoms with Crippen molar-refractivity contribution in [2.24, 2.45) is 12.0 Å². The van der Waals surface area contributed by atoms with Crippen LogP contribution in [0.25, 0.3) is 0 Å². The van der Waals surface area contributed by atoms with Crippen molar-refractivity contribution in [3.8, 4) is 0 Å². The highest BCUT2D eigenvalue weighted by molar-refractivity contribution is 7.11. The van der Waals surface area contributed by atoms with E-state index in [2.05, 4.69) is 38.9 Å². The molecule has 1 saturated heterocycles. The van der Waals surface area contributed by atoms with Gasteiger partial charge in [0.15, 0.2) is 11.8 Å². The molecular weight excluding hydrogens is 362 g/mol. The molecule has 1 fully saturated rings. The van der Waals surface area contributed by atoms with Crippen molar-refractivity contribution >= 4 is 23.1 Å². The standard InChI is InChI=1S/C18H27N7OS/c1-5-19-18(21-12-15-22-13(2)14(3)27-15)25-10-8-24(9-11-25)16-17(26)23(4)7-6-20-16/h6-7H,5,8-12H2,1-4H3,(H,19,21). The summed E-state index contributed by atoms with van der Waals surface area (Å²) in [5.41, 5.74) is 1.03. The van der Waals surface area contributed by atoms with Crippen LogP contribution in [0.5, 0.6) is 0 Å². The molecule has 0 aromatic carbocycles. The number of aromatic nitrogens is 3. The number of rotatable bonds is 4. The summed E-state index contributed by atoms with van der Waals surface area (Å²) in [5, 5.41) is 4.41. The first-order valence-electron chi connectivity index (χ1n) is 9.22. The molecule has 3 rings (SSSR count). The van der Waals surface area contributed by atoms with Crippen LogP contribution in [0.15, 0.2) is 22.2 Å². The van der Waals surface area contributed by atoms with Gasteiger partial charge < -0.3 is 19.7 Å². The van der Waals surface area contributed by atoms with Crippen molar-refractivity contribution in [2.45, 2.75) is 27.3 Å². The van der Waals surface area contributed by atoms with Crippen LogP contribution in [0, 0.1) is 13.8 Å². The second kappa shape index (κ2) is 8.51. The summed E-state index contributed by atoms with van der Waals surface area (Å²) < 4.78 is 1.57. The zero-order valence-corrected chi connectivity index (χ0v) is 17.2. The lowest BCUT2D eigenvalue weighted by Gasteiger charge is -2.36. The molecular formula is C18H27N7OS. The van der Waals surface area contributed by atoms with Crippen LogP contribution >= 0.6 is 11.3 Å². The van der Waals surface area contributed by atoms with Gasteiger partial charge in [0, 0.05) is 57.0 Å². The quantitative estimate of drug-likeness (QED) is 0.624. The Hall–Kier alpha value is -2.42. The predicted octanol–water partition coefficient (Wildman–Crippen LogP) is 1.14. The normalized spacial score (nSPS) is 15.3. The third-order valence-electron chi connectivity index (χ3n) is 4.65. The molecule has 0 spiro atoms. The highest BCUT2D eigenvalue weighted by atomic mass is 32.1. The molecule has 2 aromatic heterocycles. The minimum Gasteiger partial charge on any atom is -0.357 e. The van der Waals surface area contributed by atoms with E-state index in [0.717, 1.165) is 49.4 Å². The van der Waals surface area contributed by atoms with E-state index in [1.54, 1.807) is 35.3 Å². The molecule has 0 unspecified atom stereocenters. The molecule has 27 heavy (non-hydrogen) atoms. The fourth-order valence-electron chi connectivity index (χ4n) is 3.01. The molecule has 0 atom stereocenters. The molecule has 0 bridgehead atoms. The van der Waals surface area contributed by atoms with E-state index in [1.165, 1.54) is 4.88 Å². The Bertz CT molecular complexity index is 845. The van der Waals surface area contributed by atoms with Gasteiger partial charge in [0.25, 0.3) is 5.56 Å². The number of nitrogens with zero attached hydrogens (tertiary/aromatic N) is 6. The van der Waals surface area contributed by atoms with Gasteiger partial charge in [-0.25, -0.2) is 15.0 Å². The van der Waals surface area contributed by atoms with Crippen LogP contribution in [0.2, 0.25) is 0 Å². The second-order valence-electron chi connectivity index (χ2n) is 6.56. The molecule has 0 radical (unpaired) electrons. The summed E-state index contributed by atoms with van der Waals surface area (Å²) in [7, 11) is 1.75. The molecule has 0 aliphatic carbocycles. The minimum atomic E-state index is -0.0546. The fraction of sp³-hybridized carbons (Fsp3) is 0.556. The Morgan fingerprint density at radius 1 is 1.30 bits per heavy atom. The Kier molecular flexibility index (Phi) is 6.10. The van der Waals surface area contributed by atoms with Gasteiger partial charge in [0.05, 0.1) is 12.2 Å². The molecule has 1 aliphatic heterocycles. The van der Waals surface area contributed by atoms with Crippen molar-refractivity contribution in [3.63, 3.8) is 0 Å². The number of aliphatic imine (C=N–C) groups is 1. The average molecular weight is 390 g/mol. The summed E-state index contributed by atoms with van der Waals surface area (Å²) in [6.45, 7) is 10.7. The molecule has 1 aliphatic rings. The molecule has 2 aromatic rings. The molecule has 0 amide bonds. The second-order valence-corrected chi connectivity index (χ2v) is 7.85. The number of thiazole rings is 1. The van der Waals surface area contributed by atoms with Gasteiger partial charge in [0.1, 0.15) is 5.01 Å². The van der Waals surface area contributed by atoms with Gasteiger partial charge in [-0.15, -0.1) is 11.3 Å². The maximum absolute atomic E-state index is 12.3. The summed E-state index contributed by atoms with van der Waals surface area (Å²) in [4.78, 5) is 31.4. The molecule has 146 valence electrons. The lowest BCUT2D eigenvalue weighted by atomic mass is 10.3. The molecule has 0 saturated carbocycles. The Morgan fingerprint density at radius 2 is 2.04 bits per heavy atom. The van der Waals surface area contributed by atoms with E-state index >= 15 is 0 Å². The molecule has 9 heteroatoms. The van der Waals surface area contributed by atoms with E-state index in [1.807, 2.05) is 6.92 Å². The van der Waals surface area contributed by atoms with E-state index in [9.17, 15) is 4.79 Å². The third kappa shape index (κ3) is 4.47. The molecule has 1 N–H and O–H groups in total. The van der Waals surface area contributed by atoms with E-state index in [-0.39, 0.29) is 5.56 Å². The lowest BCUT2D eigenvalue weighted by Crippen LogP contribution is -2.53. The van der Waals surface area contributed by atoms with Gasteiger partial charge in [-0.3, -0.25) is 4.79 Å². The zero-order valence-electron chi connectivity index (χ0n) is 16.4.